The molecular weight excluding hydrogens is 311 g/mol. The van der Waals surface area contributed by atoms with Gasteiger partial charge >= 0.3 is 6.09 Å². The monoisotopic (exact) mass is 324 g/mol. The third kappa shape index (κ3) is 3.40. The molecule has 6 nitrogen and oxygen atoms in total. The minimum absolute atomic E-state index is 0.0528. The number of rotatable bonds is 4. The number of carboxylic acid groups (broad SMARTS) is 1. The van der Waals surface area contributed by atoms with Crippen LogP contribution in [0.3, 0.4) is 0 Å². The Kier molecular flexibility index (Phi) is 4.41. The quantitative estimate of drug-likeness (QED) is 0.899. The van der Waals surface area contributed by atoms with Gasteiger partial charge in [0.25, 0.3) is 0 Å². The third-order valence-corrected chi connectivity index (χ3v) is 4.84. The van der Waals surface area contributed by atoms with Gasteiger partial charge in [-0.15, -0.1) is 0 Å². The molecule has 0 fully saturated rings. The van der Waals surface area contributed by atoms with E-state index in [2.05, 4.69) is 4.98 Å². The molecule has 0 aliphatic rings. The summed E-state index contributed by atoms with van der Waals surface area (Å²) in [5, 5.41) is 9.17. The van der Waals surface area contributed by atoms with Gasteiger partial charge in [-0.1, -0.05) is 17.7 Å². The number of aryl methyl sites for hydroxylation is 1. The first-order chi connectivity index (χ1) is 10.3. The van der Waals surface area contributed by atoms with Crippen molar-refractivity contribution >= 4 is 15.9 Å². The molecule has 0 bridgehead atoms. The second kappa shape index (κ2) is 6.10. The van der Waals surface area contributed by atoms with Crippen LogP contribution in [0.1, 0.15) is 16.6 Å². The van der Waals surface area contributed by atoms with Crippen molar-refractivity contribution in [1.29, 1.82) is 0 Å². The Morgan fingerprint density at radius 2 is 1.86 bits per heavy atom. The molecule has 1 unspecified atom stereocenters. The summed E-state index contributed by atoms with van der Waals surface area (Å²) in [6, 6.07) is 8.10. The van der Waals surface area contributed by atoms with E-state index in [0.29, 0.717) is 0 Å². The smallest absolute Gasteiger partial charge is 0.406 e. The molecule has 1 aromatic carbocycles. The summed E-state index contributed by atoms with van der Waals surface area (Å²) in [6.07, 6.45) is -0.692. The van der Waals surface area contributed by atoms with Crippen LogP contribution < -0.4 is 5.32 Å². The normalized spacial score (nSPS) is 12.6. The highest BCUT2D eigenvalue weighted by Crippen LogP contribution is 2.26. The Labute approximate surface area is 126 Å². The number of hydrogen-bond acceptors (Lipinski definition) is 4. The molecule has 0 saturated heterocycles. The zero-order valence-electron chi connectivity index (χ0n) is 11.5. The van der Waals surface area contributed by atoms with Crippen LogP contribution in [0.4, 0.5) is 9.18 Å². The van der Waals surface area contributed by atoms with Crippen LogP contribution >= 0.6 is 0 Å². The molecule has 2 N–H and O–H groups in total. The summed E-state index contributed by atoms with van der Waals surface area (Å²) in [4.78, 5) is 14.5. The second-order valence-electron chi connectivity index (χ2n) is 4.59. The molecule has 2 rings (SSSR count). The van der Waals surface area contributed by atoms with Gasteiger partial charge in [-0.25, -0.2) is 17.6 Å². The largest absolute Gasteiger partial charge is 0.465 e. The SMILES string of the molecule is Cc1ccc(S(=O)(=O)C(NC(=O)O)c2ccc(F)cn2)cc1. The van der Waals surface area contributed by atoms with Crippen molar-refractivity contribution in [1.82, 2.24) is 10.3 Å². The van der Waals surface area contributed by atoms with Crippen molar-refractivity contribution in [3.8, 4) is 0 Å². The van der Waals surface area contributed by atoms with E-state index in [-0.39, 0.29) is 10.6 Å². The molecular formula is C14H13FN2O4S. The van der Waals surface area contributed by atoms with E-state index < -0.39 is 27.1 Å². The summed E-state index contributed by atoms with van der Waals surface area (Å²) in [6.45, 7) is 1.80. The Balaban J connectivity index is 2.50. The summed E-state index contributed by atoms with van der Waals surface area (Å²) in [5.74, 6) is -0.648. The van der Waals surface area contributed by atoms with Crippen LogP contribution in [-0.2, 0) is 9.84 Å². The van der Waals surface area contributed by atoms with Gasteiger partial charge in [0.1, 0.15) is 5.82 Å². The highest BCUT2D eigenvalue weighted by molar-refractivity contribution is 7.91. The van der Waals surface area contributed by atoms with Crippen molar-refractivity contribution in [2.24, 2.45) is 0 Å². The maximum Gasteiger partial charge on any atom is 0.406 e. The van der Waals surface area contributed by atoms with Gasteiger partial charge in [0.15, 0.2) is 5.37 Å². The molecule has 8 heteroatoms. The summed E-state index contributed by atoms with van der Waals surface area (Å²) in [7, 11) is -4.06. The molecule has 2 aromatic rings. The van der Waals surface area contributed by atoms with Crippen LogP contribution in [0.15, 0.2) is 47.5 Å². The van der Waals surface area contributed by atoms with Crippen molar-refractivity contribution < 1.29 is 22.7 Å². The van der Waals surface area contributed by atoms with Gasteiger partial charge in [-0.05, 0) is 31.2 Å². The molecule has 1 aromatic heterocycles. The highest BCUT2D eigenvalue weighted by atomic mass is 32.2. The molecule has 0 radical (unpaired) electrons. The number of aromatic nitrogens is 1. The van der Waals surface area contributed by atoms with E-state index in [1.165, 1.54) is 12.1 Å². The van der Waals surface area contributed by atoms with Gasteiger partial charge in [0.2, 0.25) is 9.84 Å². The van der Waals surface area contributed by atoms with Crippen LogP contribution in [0.2, 0.25) is 0 Å². The number of nitrogens with zero attached hydrogens (tertiary/aromatic N) is 1. The predicted molar refractivity (Wildman–Crippen MR) is 76.5 cm³/mol. The number of amides is 1. The Morgan fingerprint density at radius 1 is 1.23 bits per heavy atom. The fraction of sp³-hybridized carbons (Fsp3) is 0.143. The first-order valence-electron chi connectivity index (χ1n) is 6.22. The van der Waals surface area contributed by atoms with E-state index in [0.717, 1.165) is 23.9 Å². The number of nitrogens with one attached hydrogen (secondary N) is 1. The highest BCUT2D eigenvalue weighted by Gasteiger charge is 2.31. The molecule has 1 atom stereocenters. The van der Waals surface area contributed by atoms with Gasteiger partial charge in [0, 0.05) is 0 Å². The van der Waals surface area contributed by atoms with E-state index in [9.17, 15) is 17.6 Å². The molecule has 1 amide bonds. The first-order valence-corrected chi connectivity index (χ1v) is 7.77. The zero-order chi connectivity index (χ0) is 16.3. The summed E-state index contributed by atoms with van der Waals surface area (Å²) < 4.78 is 38.1. The molecule has 1 heterocycles. The maximum atomic E-state index is 12.9. The number of halogens is 1. The van der Waals surface area contributed by atoms with E-state index in [1.54, 1.807) is 19.1 Å². The maximum absolute atomic E-state index is 12.9. The fourth-order valence-corrected chi connectivity index (χ4v) is 3.33. The Morgan fingerprint density at radius 3 is 2.36 bits per heavy atom. The molecule has 22 heavy (non-hydrogen) atoms. The number of hydrogen-bond donors (Lipinski definition) is 2. The van der Waals surface area contributed by atoms with Crippen LogP contribution in [-0.4, -0.2) is 24.6 Å². The fourth-order valence-electron chi connectivity index (χ4n) is 1.83. The number of sulfone groups is 1. The lowest BCUT2D eigenvalue weighted by atomic mass is 10.2. The molecule has 0 spiro atoms. The van der Waals surface area contributed by atoms with Gasteiger partial charge < -0.3 is 5.11 Å². The molecule has 0 aliphatic heterocycles. The number of benzene rings is 1. The zero-order valence-corrected chi connectivity index (χ0v) is 12.3. The minimum atomic E-state index is -4.06. The van der Waals surface area contributed by atoms with Gasteiger partial charge in [0.05, 0.1) is 16.8 Å². The predicted octanol–water partition coefficient (Wildman–Crippen LogP) is 2.27. The van der Waals surface area contributed by atoms with Crippen molar-refractivity contribution in [3.63, 3.8) is 0 Å². The van der Waals surface area contributed by atoms with Crippen molar-refractivity contribution in [2.45, 2.75) is 17.2 Å². The summed E-state index contributed by atoms with van der Waals surface area (Å²) >= 11 is 0. The van der Waals surface area contributed by atoms with E-state index in [4.69, 9.17) is 5.11 Å². The van der Waals surface area contributed by atoms with Crippen LogP contribution in [0.25, 0.3) is 0 Å². The second-order valence-corrected chi connectivity index (χ2v) is 6.62. The van der Waals surface area contributed by atoms with Crippen molar-refractivity contribution in [3.05, 3.63) is 59.7 Å². The van der Waals surface area contributed by atoms with Gasteiger partial charge in [-0.3, -0.25) is 10.3 Å². The van der Waals surface area contributed by atoms with Crippen molar-refractivity contribution in [2.75, 3.05) is 0 Å². The lowest BCUT2D eigenvalue weighted by molar-refractivity contribution is 0.193. The third-order valence-electron chi connectivity index (χ3n) is 2.93. The number of carbonyl (C=O) groups is 1. The lowest BCUT2D eigenvalue weighted by Crippen LogP contribution is -2.33. The lowest BCUT2D eigenvalue weighted by Gasteiger charge is -2.17. The van der Waals surface area contributed by atoms with E-state index >= 15 is 0 Å². The van der Waals surface area contributed by atoms with E-state index in [1.807, 2.05) is 5.32 Å². The summed E-state index contributed by atoms with van der Waals surface area (Å²) in [5.41, 5.74) is 0.756. The minimum Gasteiger partial charge on any atom is -0.465 e. The molecule has 116 valence electrons. The van der Waals surface area contributed by atoms with Crippen LogP contribution in [0.5, 0.6) is 0 Å². The number of pyridine rings is 1. The Hall–Kier alpha value is -2.48. The molecule has 0 aliphatic carbocycles. The average molecular weight is 324 g/mol. The average Bonchev–Trinajstić information content (AvgIpc) is 2.46. The topological polar surface area (TPSA) is 96.4 Å². The standard InChI is InChI=1S/C14H13FN2O4S/c1-9-2-5-11(6-3-9)22(20,21)13(17-14(18)19)12-7-4-10(15)8-16-12/h2-8,13,17H,1H3,(H,18,19). The first kappa shape index (κ1) is 15.9. The Bertz CT molecular complexity index is 773. The molecule has 0 saturated carbocycles. The van der Waals surface area contributed by atoms with Gasteiger partial charge in [-0.2, -0.15) is 0 Å². The van der Waals surface area contributed by atoms with Crippen LogP contribution in [0, 0.1) is 12.7 Å².